The number of likely N-dealkylation sites (N-methyl/N-ethyl adjacent to an activating group) is 1. The van der Waals surface area contributed by atoms with Gasteiger partial charge in [0.05, 0.1) is 27.7 Å². The van der Waals surface area contributed by atoms with Gasteiger partial charge in [-0.25, -0.2) is 8.42 Å². The standard InChI is InChI=1S/C34H35Cl2N3O5S/c1-23-10-14-27(15-11-23)45(42,43)39(30-18-24(2)12-17-32(30)44-4)22-33(40)38(21-26-13-16-28(35)29(36)19-26)31(34(41)37-3)20-25-8-6-5-7-9-25/h5-19,31H,20-22H2,1-4H3,(H,37,41). The topological polar surface area (TPSA) is 96.0 Å². The lowest BCUT2D eigenvalue weighted by atomic mass is 10.0. The molecule has 0 aliphatic carbocycles. The minimum atomic E-state index is -4.28. The predicted octanol–water partition coefficient (Wildman–Crippen LogP) is 6.20. The largest absolute Gasteiger partial charge is 0.495 e. The molecular weight excluding hydrogens is 633 g/mol. The van der Waals surface area contributed by atoms with Crippen LogP contribution in [0.5, 0.6) is 5.75 Å². The van der Waals surface area contributed by atoms with Crippen LogP contribution in [0.15, 0.2) is 95.9 Å². The van der Waals surface area contributed by atoms with Gasteiger partial charge < -0.3 is 15.0 Å². The second kappa shape index (κ2) is 14.8. The fourth-order valence-corrected chi connectivity index (χ4v) is 6.64. The summed E-state index contributed by atoms with van der Waals surface area (Å²) in [4.78, 5) is 29.3. The van der Waals surface area contributed by atoms with Crippen LogP contribution in [-0.4, -0.2) is 51.9 Å². The normalized spacial score (nSPS) is 11.9. The Bertz CT molecular complexity index is 1770. The van der Waals surface area contributed by atoms with E-state index in [-0.39, 0.29) is 34.3 Å². The van der Waals surface area contributed by atoms with Gasteiger partial charge in [-0.15, -0.1) is 0 Å². The van der Waals surface area contributed by atoms with E-state index >= 15 is 0 Å². The molecule has 11 heteroatoms. The maximum Gasteiger partial charge on any atom is 0.264 e. The lowest BCUT2D eigenvalue weighted by Crippen LogP contribution is -2.53. The van der Waals surface area contributed by atoms with Crippen molar-refractivity contribution in [2.24, 2.45) is 0 Å². The van der Waals surface area contributed by atoms with Crippen molar-refractivity contribution in [1.29, 1.82) is 0 Å². The summed E-state index contributed by atoms with van der Waals surface area (Å²) < 4.78 is 35.1. The van der Waals surface area contributed by atoms with Crippen molar-refractivity contribution in [3.63, 3.8) is 0 Å². The van der Waals surface area contributed by atoms with Gasteiger partial charge in [0, 0.05) is 20.0 Å². The Labute approximate surface area is 274 Å². The van der Waals surface area contributed by atoms with Crippen LogP contribution in [0.1, 0.15) is 22.3 Å². The SMILES string of the molecule is CNC(=O)C(Cc1ccccc1)N(Cc1ccc(Cl)c(Cl)c1)C(=O)CN(c1cc(C)ccc1OC)S(=O)(=O)c1ccc(C)cc1. The zero-order valence-corrected chi connectivity index (χ0v) is 27.8. The molecule has 0 heterocycles. The third-order valence-electron chi connectivity index (χ3n) is 7.35. The summed E-state index contributed by atoms with van der Waals surface area (Å²) in [5.41, 5.74) is 3.28. The Morgan fingerprint density at radius 1 is 0.844 bits per heavy atom. The molecule has 236 valence electrons. The first-order valence-corrected chi connectivity index (χ1v) is 16.4. The van der Waals surface area contributed by atoms with Crippen molar-refractivity contribution in [3.8, 4) is 5.75 Å². The highest BCUT2D eigenvalue weighted by atomic mass is 35.5. The van der Waals surface area contributed by atoms with Gasteiger partial charge in [0.25, 0.3) is 10.0 Å². The van der Waals surface area contributed by atoms with Gasteiger partial charge in [-0.05, 0) is 66.9 Å². The first kappa shape index (κ1) is 33.8. The first-order valence-electron chi connectivity index (χ1n) is 14.2. The lowest BCUT2D eigenvalue weighted by molar-refractivity contribution is -0.139. The zero-order valence-electron chi connectivity index (χ0n) is 25.5. The molecule has 4 rings (SSSR count). The number of aryl methyl sites for hydroxylation is 2. The minimum absolute atomic E-state index is 0.00706. The Kier molecular flexibility index (Phi) is 11.1. The number of halogens is 2. The van der Waals surface area contributed by atoms with Gasteiger partial charge in [0.1, 0.15) is 18.3 Å². The van der Waals surface area contributed by atoms with Crippen molar-refractivity contribution >= 4 is 50.7 Å². The number of methoxy groups -OCH3 is 1. The summed E-state index contributed by atoms with van der Waals surface area (Å²) in [5, 5.41) is 3.29. The molecule has 0 bridgehead atoms. The molecule has 0 saturated heterocycles. The van der Waals surface area contributed by atoms with Crippen LogP contribution in [0.25, 0.3) is 0 Å². The number of nitrogens with one attached hydrogen (secondary N) is 1. The average Bonchev–Trinajstić information content (AvgIpc) is 3.03. The van der Waals surface area contributed by atoms with Crippen LogP contribution in [-0.2, 0) is 32.6 Å². The van der Waals surface area contributed by atoms with Crippen LogP contribution >= 0.6 is 23.2 Å². The van der Waals surface area contributed by atoms with E-state index in [0.29, 0.717) is 10.6 Å². The van der Waals surface area contributed by atoms with E-state index in [9.17, 15) is 18.0 Å². The average molecular weight is 669 g/mol. The highest BCUT2D eigenvalue weighted by Crippen LogP contribution is 2.34. The number of carbonyl (C=O) groups excluding carboxylic acids is 2. The van der Waals surface area contributed by atoms with Crippen molar-refractivity contribution < 1.29 is 22.7 Å². The smallest absolute Gasteiger partial charge is 0.264 e. The third kappa shape index (κ3) is 8.16. The van der Waals surface area contributed by atoms with E-state index < -0.39 is 34.4 Å². The van der Waals surface area contributed by atoms with Crippen LogP contribution in [0, 0.1) is 13.8 Å². The van der Waals surface area contributed by atoms with E-state index in [1.165, 1.54) is 31.2 Å². The Balaban J connectivity index is 1.85. The number of hydrogen-bond acceptors (Lipinski definition) is 5. The lowest BCUT2D eigenvalue weighted by Gasteiger charge is -2.34. The molecule has 0 saturated carbocycles. The molecule has 2 amide bonds. The number of hydrogen-bond donors (Lipinski definition) is 1. The molecule has 8 nitrogen and oxygen atoms in total. The molecule has 0 spiro atoms. The highest BCUT2D eigenvalue weighted by molar-refractivity contribution is 7.92. The number of benzene rings is 4. The second-order valence-electron chi connectivity index (χ2n) is 10.6. The summed E-state index contributed by atoms with van der Waals surface area (Å²) in [6.07, 6.45) is 0.187. The van der Waals surface area contributed by atoms with Crippen LogP contribution < -0.4 is 14.4 Å². The predicted molar refractivity (Wildman–Crippen MR) is 178 cm³/mol. The van der Waals surface area contributed by atoms with Crippen LogP contribution in [0.4, 0.5) is 5.69 Å². The molecule has 0 fully saturated rings. The van der Waals surface area contributed by atoms with Gasteiger partial charge in [-0.3, -0.25) is 13.9 Å². The highest BCUT2D eigenvalue weighted by Gasteiger charge is 2.35. The number of anilines is 1. The third-order valence-corrected chi connectivity index (χ3v) is 9.86. The summed E-state index contributed by atoms with van der Waals surface area (Å²) >= 11 is 12.5. The van der Waals surface area contributed by atoms with E-state index in [1.54, 1.807) is 48.5 Å². The molecule has 0 radical (unpaired) electrons. The van der Waals surface area contributed by atoms with Gasteiger partial charge in [0.2, 0.25) is 11.8 Å². The monoisotopic (exact) mass is 667 g/mol. The molecule has 1 N–H and O–H groups in total. The summed E-state index contributed by atoms with van der Waals surface area (Å²) in [6, 6.07) is 24.7. The number of amides is 2. The molecule has 1 atom stereocenters. The number of rotatable bonds is 12. The van der Waals surface area contributed by atoms with Crippen molar-refractivity contribution in [2.75, 3.05) is 25.0 Å². The van der Waals surface area contributed by atoms with E-state index in [1.807, 2.05) is 44.2 Å². The second-order valence-corrected chi connectivity index (χ2v) is 13.3. The molecule has 0 aliphatic heterocycles. The maximum absolute atomic E-state index is 14.5. The first-order chi connectivity index (χ1) is 21.4. The van der Waals surface area contributed by atoms with Crippen LogP contribution in [0.2, 0.25) is 10.0 Å². The molecule has 0 aromatic heterocycles. The van der Waals surface area contributed by atoms with Gasteiger partial charge in [-0.2, -0.15) is 0 Å². The molecule has 4 aromatic rings. The molecule has 0 aliphatic rings. The summed E-state index contributed by atoms with van der Waals surface area (Å²) in [6.45, 7) is 3.02. The van der Waals surface area contributed by atoms with E-state index in [2.05, 4.69) is 5.32 Å². The van der Waals surface area contributed by atoms with Gasteiger partial charge in [0.15, 0.2) is 0 Å². The Hall–Kier alpha value is -4.05. The fourth-order valence-electron chi connectivity index (χ4n) is 4.90. The summed E-state index contributed by atoms with van der Waals surface area (Å²) in [7, 11) is -1.35. The van der Waals surface area contributed by atoms with E-state index in [0.717, 1.165) is 21.0 Å². The van der Waals surface area contributed by atoms with Gasteiger partial charge >= 0.3 is 0 Å². The number of nitrogens with zero attached hydrogens (tertiary/aromatic N) is 2. The van der Waals surface area contributed by atoms with Crippen molar-refractivity contribution in [3.05, 3.63) is 123 Å². The quantitative estimate of drug-likeness (QED) is 0.194. The Morgan fingerprint density at radius 2 is 1.51 bits per heavy atom. The van der Waals surface area contributed by atoms with Crippen molar-refractivity contribution in [1.82, 2.24) is 10.2 Å². The Morgan fingerprint density at radius 3 is 2.13 bits per heavy atom. The van der Waals surface area contributed by atoms with E-state index in [4.69, 9.17) is 27.9 Å². The number of sulfonamides is 1. The number of carbonyl (C=O) groups is 2. The fraction of sp³-hybridized carbons (Fsp3) is 0.235. The maximum atomic E-state index is 14.5. The molecule has 4 aromatic carbocycles. The minimum Gasteiger partial charge on any atom is -0.495 e. The zero-order chi connectivity index (χ0) is 32.7. The summed E-state index contributed by atoms with van der Waals surface area (Å²) in [5.74, 6) is -0.745. The van der Waals surface area contributed by atoms with Crippen molar-refractivity contribution in [2.45, 2.75) is 37.8 Å². The van der Waals surface area contributed by atoms with Crippen LogP contribution in [0.3, 0.4) is 0 Å². The molecular formula is C34H35Cl2N3O5S. The van der Waals surface area contributed by atoms with Gasteiger partial charge in [-0.1, -0.05) is 83.4 Å². The molecule has 1 unspecified atom stereocenters. The molecule has 45 heavy (non-hydrogen) atoms. The number of ether oxygens (including phenoxy) is 1.